The van der Waals surface area contributed by atoms with Crippen LogP contribution in [0.4, 0.5) is 5.69 Å². The quantitative estimate of drug-likeness (QED) is 0.906. The largest absolute Gasteiger partial charge is 0.495 e. The van der Waals surface area contributed by atoms with Crippen LogP contribution in [0.25, 0.3) is 0 Å². The standard InChI is InChI=1S/C16H23BrN2O/c1-11-9-12(17)10-15(20-2)16(11)18-13-6-8-19-7-4-3-5-14(13)19/h9-10,13-14,18H,3-8H2,1-2H3. The third-order valence-corrected chi connectivity index (χ3v) is 5.13. The van der Waals surface area contributed by atoms with E-state index in [1.165, 1.54) is 44.3 Å². The van der Waals surface area contributed by atoms with Gasteiger partial charge < -0.3 is 10.1 Å². The van der Waals surface area contributed by atoms with Gasteiger partial charge in [-0.3, -0.25) is 4.90 Å². The van der Waals surface area contributed by atoms with Crippen LogP contribution >= 0.6 is 15.9 Å². The zero-order valence-corrected chi connectivity index (χ0v) is 13.9. The highest BCUT2D eigenvalue weighted by atomic mass is 79.9. The first kappa shape index (κ1) is 14.2. The topological polar surface area (TPSA) is 24.5 Å². The lowest BCUT2D eigenvalue weighted by molar-refractivity contribution is 0.192. The van der Waals surface area contributed by atoms with E-state index in [0.717, 1.165) is 15.9 Å². The molecule has 0 aliphatic carbocycles. The van der Waals surface area contributed by atoms with Crippen LogP contribution in [-0.2, 0) is 0 Å². The highest BCUT2D eigenvalue weighted by molar-refractivity contribution is 9.10. The van der Waals surface area contributed by atoms with Crippen molar-refractivity contribution in [1.29, 1.82) is 0 Å². The summed E-state index contributed by atoms with van der Waals surface area (Å²) in [5, 5.41) is 3.77. The van der Waals surface area contributed by atoms with Crippen LogP contribution < -0.4 is 10.1 Å². The summed E-state index contributed by atoms with van der Waals surface area (Å²) >= 11 is 3.54. The Hall–Kier alpha value is -0.740. The number of nitrogens with one attached hydrogen (secondary N) is 1. The maximum Gasteiger partial charge on any atom is 0.143 e. The van der Waals surface area contributed by atoms with Crippen LogP contribution in [-0.4, -0.2) is 37.2 Å². The fourth-order valence-electron chi connectivity index (χ4n) is 3.66. The van der Waals surface area contributed by atoms with E-state index in [2.05, 4.69) is 39.1 Å². The van der Waals surface area contributed by atoms with E-state index < -0.39 is 0 Å². The Labute approximate surface area is 129 Å². The number of piperidine rings is 1. The van der Waals surface area contributed by atoms with Gasteiger partial charge in [0.2, 0.25) is 0 Å². The second-order valence-electron chi connectivity index (χ2n) is 5.94. The maximum atomic E-state index is 5.55. The van der Waals surface area contributed by atoms with Gasteiger partial charge in [0.05, 0.1) is 12.8 Å². The van der Waals surface area contributed by atoms with Crippen molar-refractivity contribution in [3.63, 3.8) is 0 Å². The fraction of sp³-hybridized carbons (Fsp3) is 0.625. The van der Waals surface area contributed by atoms with E-state index in [1.54, 1.807) is 7.11 Å². The molecule has 0 bridgehead atoms. The summed E-state index contributed by atoms with van der Waals surface area (Å²) < 4.78 is 6.62. The van der Waals surface area contributed by atoms with E-state index >= 15 is 0 Å². The summed E-state index contributed by atoms with van der Waals surface area (Å²) in [5.41, 5.74) is 2.40. The van der Waals surface area contributed by atoms with Crippen LogP contribution in [0.2, 0.25) is 0 Å². The van der Waals surface area contributed by atoms with Crippen molar-refractivity contribution in [3.05, 3.63) is 22.2 Å². The number of hydrogen-bond donors (Lipinski definition) is 1. The maximum absolute atomic E-state index is 5.55. The number of hydrogen-bond acceptors (Lipinski definition) is 3. The zero-order valence-electron chi connectivity index (χ0n) is 12.3. The Kier molecular flexibility index (Phi) is 4.22. The normalized spacial score (nSPS) is 26.4. The predicted octanol–water partition coefficient (Wildman–Crippen LogP) is 3.80. The van der Waals surface area contributed by atoms with Crippen molar-refractivity contribution in [3.8, 4) is 5.75 Å². The van der Waals surface area contributed by atoms with E-state index in [1.807, 2.05) is 6.07 Å². The molecule has 2 fully saturated rings. The van der Waals surface area contributed by atoms with Crippen molar-refractivity contribution in [2.75, 3.05) is 25.5 Å². The van der Waals surface area contributed by atoms with E-state index in [0.29, 0.717) is 12.1 Å². The summed E-state index contributed by atoms with van der Waals surface area (Å²) in [4.78, 5) is 2.65. The number of anilines is 1. The van der Waals surface area contributed by atoms with Crippen LogP contribution in [0, 0.1) is 6.92 Å². The van der Waals surface area contributed by atoms with Gasteiger partial charge in [-0.25, -0.2) is 0 Å². The van der Waals surface area contributed by atoms with Gasteiger partial charge in [-0.15, -0.1) is 0 Å². The van der Waals surface area contributed by atoms with Crippen LogP contribution in [0.5, 0.6) is 5.75 Å². The molecule has 1 aromatic rings. The van der Waals surface area contributed by atoms with Crippen molar-refractivity contribution < 1.29 is 4.74 Å². The number of rotatable bonds is 3. The molecule has 0 spiro atoms. The van der Waals surface area contributed by atoms with Gasteiger partial charge in [-0.2, -0.15) is 0 Å². The molecule has 3 nitrogen and oxygen atoms in total. The molecule has 110 valence electrons. The molecule has 2 heterocycles. The molecule has 2 saturated heterocycles. The molecule has 2 unspecified atom stereocenters. The van der Waals surface area contributed by atoms with Crippen molar-refractivity contribution in [2.45, 2.75) is 44.7 Å². The lowest BCUT2D eigenvalue weighted by Gasteiger charge is -2.33. The zero-order chi connectivity index (χ0) is 14.1. The molecular formula is C16H23BrN2O. The number of ether oxygens (including phenoxy) is 1. The third-order valence-electron chi connectivity index (χ3n) is 4.67. The van der Waals surface area contributed by atoms with E-state index in [9.17, 15) is 0 Å². The minimum absolute atomic E-state index is 0.559. The number of aryl methyl sites for hydroxylation is 1. The molecule has 3 rings (SSSR count). The number of methoxy groups -OCH3 is 1. The predicted molar refractivity (Wildman–Crippen MR) is 86.7 cm³/mol. The van der Waals surface area contributed by atoms with Gasteiger partial charge in [-0.05, 0) is 50.4 Å². The Balaban J connectivity index is 1.81. The first-order valence-electron chi connectivity index (χ1n) is 7.54. The lowest BCUT2D eigenvalue weighted by atomic mass is 9.98. The molecule has 2 aliphatic rings. The van der Waals surface area contributed by atoms with Gasteiger partial charge in [-0.1, -0.05) is 22.4 Å². The molecule has 1 N–H and O–H groups in total. The Bertz CT molecular complexity index is 492. The summed E-state index contributed by atoms with van der Waals surface area (Å²) in [5.74, 6) is 0.936. The molecule has 0 amide bonds. The molecule has 0 saturated carbocycles. The van der Waals surface area contributed by atoms with Crippen molar-refractivity contribution >= 4 is 21.6 Å². The van der Waals surface area contributed by atoms with E-state index in [-0.39, 0.29) is 0 Å². The fourth-order valence-corrected chi connectivity index (χ4v) is 4.21. The molecular weight excluding hydrogens is 316 g/mol. The molecule has 1 aromatic carbocycles. The van der Waals surface area contributed by atoms with Crippen LogP contribution in [0.1, 0.15) is 31.2 Å². The molecule has 2 atom stereocenters. The third kappa shape index (κ3) is 2.68. The Morgan fingerprint density at radius 2 is 2.10 bits per heavy atom. The number of halogens is 1. The Morgan fingerprint density at radius 1 is 1.25 bits per heavy atom. The average molecular weight is 339 g/mol. The Morgan fingerprint density at radius 3 is 2.90 bits per heavy atom. The first-order valence-corrected chi connectivity index (χ1v) is 8.33. The molecule has 0 radical (unpaired) electrons. The van der Waals surface area contributed by atoms with Crippen molar-refractivity contribution in [2.24, 2.45) is 0 Å². The number of benzene rings is 1. The summed E-state index contributed by atoms with van der Waals surface area (Å²) in [6, 6.07) is 5.46. The van der Waals surface area contributed by atoms with Gasteiger partial charge in [0.25, 0.3) is 0 Å². The average Bonchev–Trinajstić information content (AvgIpc) is 2.85. The second-order valence-corrected chi connectivity index (χ2v) is 6.85. The molecule has 0 aromatic heterocycles. The minimum atomic E-state index is 0.559. The lowest BCUT2D eigenvalue weighted by Crippen LogP contribution is -2.41. The van der Waals surface area contributed by atoms with Gasteiger partial charge in [0, 0.05) is 23.1 Å². The molecule has 20 heavy (non-hydrogen) atoms. The first-order chi connectivity index (χ1) is 9.69. The molecule has 2 aliphatic heterocycles. The second kappa shape index (κ2) is 5.94. The number of fused-ring (bicyclic) bond motifs is 1. The minimum Gasteiger partial charge on any atom is -0.495 e. The highest BCUT2D eigenvalue weighted by Crippen LogP contribution is 2.36. The smallest absolute Gasteiger partial charge is 0.143 e. The van der Waals surface area contributed by atoms with Crippen LogP contribution in [0.15, 0.2) is 16.6 Å². The number of nitrogens with zero attached hydrogens (tertiary/aromatic N) is 1. The summed E-state index contributed by atoms with van der Waals surface area (Å²) in [6.07, 6.45) is 5.30. The monoisotopic (exact) mass is 338 g/mol. The van der Waals surface area contributed by atoms with Gasteiger partial charge in [0.15, 0.2) is 0 Å². The highest BCUT2D eigenvalue weighted by Gasteiger charge is 2.35. The van der Waals surface area contributed by atoms with Gasteiger partial charge in [0.1, 0.15) is 5.75 Å². The van der Waals surface area contributed by atoms with Crippen molar-refractivity contribution in [1.82, 2.24) is 4.90 Å². The van der Waals surface area contributed by atoms with E-state index in [4.69, 9.17) is 4.74 Å². The summed E-state index contributed by atoms with van der Waals surface area (Å²) in [6.45, 7) is 4.66. The molecule has 4 heteroatoms. The van der Waals surface area contributed by atoms with Gasteiger partial charge >= 0.3 is 0 Å². The van der Waals surface area contributed by atoms with Crippen LogP contribution in [0.3, 0.4) is 0 Å². The summed E-state index contributed by atoms with van der Waals surface area (Å²) in [7, 11) is 1.74. The SMILES string of the molecule is COc1cc(Br)cc(C)c1NC1CCN2CCCCC12.